The second-order valence-corrected chi connectivity index (χ2v) is 8.85. The minimum atomic E-state index is -0.939. The largest absolute Gasteiger partial charge is 0.507 e. The van der Waals surface area contributed by atoms with Gasteiger partial charge in [-0.2, -0.15) is 4.98 Å². The Balaban J connectivity index is 1.79. The second kappa shape index (κ2) is 11.6. The minimum absolute atomic E-state index is 0.0321. The smallest absolute Gasteiger partial charge is 0.307 e. The lowest BCUT2D eigenvalue weighted by Gasteiger charge is -2.35. The molecule has 38 heavy (non-hydrogen) atoms. The maximum atomic E-state index is 16.0. The molecule has 9 nitrogen and oxygen atoms in total. The van der Waals surface area contributed by atoms with Crippen molar-refractivity contribution < 1.29 is 28.2 Å². The van der Waals surface area contributed by atoms with E-state index in [0.717, 1.165) is 6.07 Å². The molecule has 3 aromatic rings. The summed E-state index contributed by atoms with van der Waals surface area (Å²) in [5, 5.41) is 13.3. The molecule has 4 rings (SSSR count). The topological polar surface area (TPSA) is 108 Å². The predicted octanol–water partition coefficient (Wildman–Crippen LogP) is 4.13. The third-order valence-electron chi connectivity index (χ3n) is 6.09. The highest BCUT2D eigenvalue weighted by molar-refractivity contribution is 6.34. The van der Waals surface area contributed by atoms with Crippen LogP contribution in [0.15, 0.2) is 36.9 Å². The Bertz CT molecular complexity index is 1380. The molecule has 1 aromatic heterocycles. The van der Waals surface area contributed by atoms with Gasteiger partial charge in [0.05, 0.1) is 23.6 Å². The van der Waals surface area contributed by atoms with Crippen LogP contribution in [0.5, 0.6) is 5.75 Å². The lowest BCUT2D eigenvalue weighted by Crippen LogP contribution is -2.48. The number of phenols is 1. The Kier molecular flexibility index (Phi) is 8.26. The number of esters is 1. The fourth-order valence-electron chi connectivity index (χ4n) is 4.27. The van der Waals surface area contributed by atoms with E-state index in [1.807, 2.05) is 4.90 Å². The Morgan fingerprint density at radius 3 is 2.61 bits per heavy atom. The number of amides is 1. The lowest BCUT2D eigenvalue weighted by molar-refractivity contribution is -0.142. The summed E-state index contributed by atoms with van der Waals surface area (Å²) in [4.78, 5) is 36.1. The molecule has 0 aliphatic carbocycles. The molecule has 0 radical (unpaired) electrons. The van der Waals surface area contributed by atoms with Gasteiger partial charge in [-0.25, -0.2) is 13.8 Å². The number of hydrogen-bond acceptors (Lipinski definition) is 8. The van der Waals surface area contributed by atoms with Crippen LogP contribution in [-0.4, -0.2) is 71.2 Å². The molecule has 2 heterocycles. The molecule has 2 N–H and O–H groups in total. The molecular weight excluding hydrogens is 520 g/mol. The highest BCUT2D eigenvalue weighted by Crippen LogP contribution is 2.42. The normalized spacial score (nSPS) is 13.5. The third-order valence-corrected chi connectivity index (χ3v) is 6.39. The Morgan fingerprint density at radius 1 is 1.21 bits per heavy atom. The minimum Gasteiger partial charge on any atom is -0.507 e. The van der Waals surface area contributed by atoms with Crippen LogP contribution in [0.4, 0.5) is 20.5 Å². The average Bonchev–Trinajstić information content (AvgIpc) is 2.90. The highest BCUT2D eigenvalue weighted by atomic mass is 35.5. The van der Waals surface area contributed by atoms with E-state index in [1.54, 1.807) is 11.8 Å². The molecule has 12 heteroatoms. The van der Waals surface area contributed by atoms with Crippen molar-refractivity contribution in [3.8, 4) is 16.9 Å². The number of nitrogens with one attached hydrogen (secondary N) is 1. The summed E-state index contributed by atoms with van der Waals surface area (Å²) in [6, 6.07) is 5.05. The number of carbonyl (C=O) groups excluding carboxylic acids is 2. The number of phenolic OH excluding ortho intramolecular Hbond substituents is 1. The number of nitrogens with zero attached hydrogens (tertiary/aromatic N) is 4. The van der Waals surface area contributed by atoms with Crippen LogP contribution in [0.2, 0.25) is 5.02 Å². The van der Waals surface area contributed by atoms with Gasteiger partial charge < -0.3 is 25.0 Å². The molecular formula is C26H26ClF2N5O4. The molecule has 1 aliphatic heterocycles. The van der Waals surface area contributed by atoms with Crippen LogP contribution >= 0.6 is 11.6 Å². The number of anilines is 2. The number of rotatable bonds is 8. The van der Waals surface area contributed by atoms with Crippen molar-refractivity contribution in [3.05, 3.63) is 53.6 Å². The van der Waals surface area contributed by atoms with Crippen LogP contribution in [0.3, 0.4) is 0 Å². The Morgan fingerprint density at radius 2 is 1.95 bits per heavy atom. The van der Waals surface area contributed by atoms with Crippen molar-refractivity contribution in [1.82, 2.24) is 14.9 Å². The SMILES string of the molecule is C=CC(=O)N1CCN(c2nc(NCCC(=O)OCC)nc3c(F)c(-c4c(O)cccc4F)c(Cl)cc23)CC1. The number of halogens is 3. The monoisotopic (exact) mass is 545 g/mol. The average molecular weight is 546 g/mol. The molecule has 0 bridgehead atoms. The number of benzene rings is 2. The van der Waals surface area contributed by atoms with Crippen molar-refractivity contribution in [2.75, 3.05) is 49.5 Å². The van der Waals surface area contributed by atoms with E-state index in [0.29, 0.717) is 32.0 Å². The zero-order valence-corrected chi connectivity index (χ0v) is 21.4. The van der Waals surface area contributed by atoms with Crippen molar-refractivity contribution in [2.45, 2.75) is 13.3 Å². The first-order chi connectivity index (χ1) is 18.2. The highest BCUT2D eigenvalue weighted by Gasteiger charge is 2.27. The van der Waals surface area contributed by atoms with Crippen LogP contribution in [0, 0.1) is 11.6 Å². The fraction of sp³-hybridized carbons (Fsp3) is 0.308. The molecule has 1 aliphatic rings. The van der Waals surface area contributed by atoms with E-state index < -0.39 is 23.4 Å². The van der Waals surface area contributed by atoms with Gasteiger partial charge in [-0.3, -0.25) is 9.59 Å². The molecule has 0 saturated carbocycles. The van der Waals surface area contributed by atoms with E-state index in [9.17, 15) is 19.1 Å². The summed E-state index contributed by atoms with van der Waals surface area (Å²) in [7, 11) is 0. The summed E-state index contributed by atoms with van der Waals surface area (Å²) >= 11 is 6.45. The maximum Gasteiger partial charge on any atom is 0.307 e. The van der Waals surface area contributed by atoms with Crippen LogP contribution in [0.1, 0.15) is 13.3 Å². The van der Waals surface area contributed by atoms with Gasteiger partial charge in [0.25, 0.3) is 0 Å². The first-order valence-electron chi connectivity index (χ1n) is 12.0. The Labute approximate surface area is 222 Å². The van der Waals surface area contributed by atoms with E-state index in [-0.39, 0.29) is 58.5 Å². The molecule has 1 amide bonds. The van der Waals surface area contributed by atoms with Crippen LogP contribution < -0.4 is 10.2 Å². The van der Waals surface area contributed by atoms with Gasteiger partial charge in [-0.05, 0) is 31.2 Å². The van der Waals surface area contributed by atoms with Gasteiger partial charge in [0.15, 0.2) is 5.82 Å². The molecule has 2 aromatic carbocycles. The van der Waals surface area contributed by atoms with Crippen molar-refractivity contribution in [2.24, 2.45) is 0 Å². The van der Waals surface area contributed by atoms with Gasteiger partial charge in [-0.1, -0.05) is 24.2 Å². The summed E-state index contributed by atoms with van der Waals surface area (Å²) in [6.45, 7) is 7.15. The fourth-order valence-corrected chi connectivity index (χ4v) is 4.55. The number of aromatic nitrogens is 2. The number of carbonyl (C=O) groups is 2. The van der Waals surface area contributed by atoms with Gasteiger partial charge in [0.2, 0.25) is 11.9 Å². The number of hydrogen-bond donors (Lipinski definition) is 2. The number of aromatic hydroxyl groups is 1. The van der Waals surface area contributed by atoms with E-state index in [1.165, 1.54) is 24.3 Å². The van der Waals surface area contributed by atoms with Crippen molar-refractivity contribution in [1.29, 1.82) is 0 Å². The summed E-state index contributed by atoms with van der Waals surface area (Å²) in [5.74, 6) is -2.49. The number of ether oxygens (including phenoxy) is 1. The first-order valence-corrected chi connectivity index (χ1v) is 12.4. The molecule has 1 saturated heterocycles. The standard InChI is InChI=1S/C26H26ClF2N5O4/c1-3-19(36)33-10-12-34(13-11-33)25-15-14-16(27)21(22-17(28)6-5-7-18(22)35)23(29)24(15)31-26(32-25)30-9-8-20(37)38-4-2/h3,5-7,14,35H,1,4,8-13H2,2H3,(H,30,31,32). The predicted molar refractivity (Wildman–Crippen MR) is 140 cm³/mol. The van der Waals surface area contributed by atoms with Gasteiger partial charge >= 0.3 is 5.97 Å². The van der Waals surface area contributed by atoms with E-state index in [4.69, 9.17) is 16.3 Å². The summed E-state index contributed by atoms with van der Waals surface area (Å²) < 4.78 is 35.6. The van der Waals surface area contributed by atoms with Crippen molar-refractivity contribution >= 4 is 46.1 Å². The summed E-state index contributed by atoms with van der Waals surface area (Å²) in [6.07, 6.45) is 1.28. The number of piperazine rings is 1. The summed E-state index contributed by atoms with van der Waals surface area (Å²) in [5.41, 5.74) is -0.871. The van der Waals surface area contributed by atoms with Crippen molar-refractivity contribution in [3.63, 3.8) is 0 Å². The zero-order chi connectivity index (χ0) is 27.4. The molecule has 200 valence electrons. The van der Waals surface area contributed by atoms with E-state index in [2.05, 4.69) is 21.9 Å². The number of fused-ring (bicyclic) bond motifs is 1. The molecule has 0 atom stereocenters. The maximum absolute atomic E-state index is 16.0. The first kappa shape index (κ1) is 27.1. The van der Waals surface area contributed by atoms with Gasteiger partial charge in [0, 0.05) is 43.7 Å². The quantitative estimate of drug-likeness (QED) is 0.321. The molecule has 0 unspecified atom stereocenters. The van der Waals surface area contributed by atoms with Gasteiger partial charge in [-0.15, -0.1) is 0 Å². The van der Waals surface area contributed by atoms with Gasteiger partial charge in [0.1, 0.15) is 22.9 Å². The Hall–Kier alpha value is -3.99. The molecule has 0 spiro atoms. The van der Waals surface area contributed by atoms with Crippen LogP contribution in [-0.2, 0) is 14.3 Å². The second-order valence-electron chi connectivity index (χ2n) is 8.45. The molecule has 1 fully saturated rings. The van der Waals surface area contributed by atoms with E-state index >= 15 is 4.39 Å². The lowest BCUT2D eigenvalue weighted by atomic mass is 10.0. The van der Waals surface area contributed by atoms with Crippen LogP contribution in [0.25, 0.3) is 22.0 Å². The zero-order valence-electron chi connectivity index (χ0n) is 20.6. The third kappa shape index (κ3) is 5.47.